The van der Waals surface area contributed by atoms with Crippen molar-refractivity contribution in [3.63, 3.8) is 0 Å². The lowest BCUT2D eigenvalue weighted by Gasteiger charge is -2.11. The van der Waals surface area contributed by atoms with Crippen molar-refractivity contribution in [3.8, 4) is 0 Å². The fourth-order valence-electron chi connectivity index (χ4n) is 1.58. The molecular weight excluding hydrogens is 194 g/mol. The topological polar surface area (TPSA) is 54.2 Å². The van der Waals surface area contributed by atoms with Gasteiger partial charge in [0.05, 0.1) is 12.7 Å². The standard InChI is InChI=1S/C10H12N3O2/c14-9-2-3-10(15)13(9)7-6-12-5-1-4-11-8-12/h1,4-5,8H,2-3,6-7H2/q+1. The Labute approximate surface area is 87.3 Å². The minimum atomic E-state index is -0.0653. The van der Waals surface area contributed by atoms with Crippen molar-refractivity contribution in [3.05, 3.63) is 24.8 Å². The summed E-state index contributed by atoms with van der Waals surface area (Å²) in [7, 11) is 0. The quantitative estimate of drug-likeness (QED) is 0.495. The second-order valence-electron chi connectivity index (χ2n) is 3.43. The zero-order valence-corrected chi connectivity index (χ0v) is 8.30. The SMILES string of the molecule is O=C1CCC(=O)N1CC[n+]1cccnc1. The van der Waals surface area contributed by atoms with Gasteiger partial charge in [-0.1, -0.05) is 4.98 Å². The third-order valence-electron chi connectivity index (χ3n) is 2.40. The minimum Gasteiger partial charge on any atom is -0.279 e. The highest BCUT2D eigenvalue weighted by atomic mass is 16.2. The van der Waals surface area contributed by atoms with E-state index in [4.69, 9.17) is 0 Å². The number of imide groups is 1. The molecule has 1 saturated heterocycles. The molecular formula is C10H12N3O2+. The Bertz CT molecular complexity index is 362. The van der Waals surface area contributed by atoms with Crippen LogP contribution in [0.3, 0.4) is 0 Å². The first-order valence-electron chi connectivity index (χ1n) is 4.89. The van der Waals surface area contributed by atoms with Crippen LogP contribution in [-0.2, 0) is 16.1 Å². The van der Waals surface area contributed by atoms with Crippen LogP contribution in [0.4, 0.5) is 0 Å². The third kappa shape index (κ3) is 2.18. The van der Waals surface area contributed by atoms with Crippen molar-refractivity contribution < 1.29 is 14.2 Å². The van der Waals surface area contributed by atoms with Crippen LogP contribution in [0.25, 0.3) is 0 Å². The Morgan fingerprint density at radius 3 is 2.67 bits per heavy atom. The Kier molecular flexibility index (Phi) is 2.71. The van der Waals surface area contributed by atoms with Crippen molar-refractivity contribution in [2.45, 2.75) is 19.4 Å². The molecule has 0 N–H and O–H groups in total. The summed E-state index contributed by atoms with van der Waals surface area (Å²) in [5.74, 6) is -0.131. The van der Waals surface area contributed by atoms with E-state index in [0.717, 1.165) is 0 Å². The van der Waals surface area contributed by atoms with E-state index in [1.165, 1.54) is 4.90 Å². The maximum absolute atomic E-state index is 11.3. The summed E-state index contributed by atoms with van der Waals surface area (Å²) in [5.41, 5.74) is 0. The number of rotatable bonds is 3. The highest BCUT2D eigenvalue weighted by Crippen LogP contribution is 2.10. The average molecular weight is 206 g/mol. The van der Waals surface area contributed by atoms with Gasteiger partial charge in [0.25, 0.3) is 6.33 Å². The molecule has 2 heterocycles. The van der Waals surface area contributed by atoms with Gasteiger partial charge in [-0.25, -0.2) is 4.57 Å². The molecule has 5 nitrogen and oxygen atoms in total. The molecule has 0 saturated carbocycles. The summed E-state index contributed by atoms with van der Waals surface area (Å²) in [6.45, 7) is 1.04. The highest BCUT2D eigenvalue weighted by molar-refractivity contribution is 6.01. The first-order chi connectivity index (χ1) is 7.27. The van der Waals surface area contributed by atoms with Crippen molar-refractivity contribution in [1.82, 2.24) is 9.88 Å². The monoisotopic (exact) mass is 206 g/mol. The fraction of sp³-hybridized carbons (Fsp3) is 0.400. The van der Waals surface area contributed by atoms with E-state index in [9.17, 15) is 9.59 Å². The zero-order chi connectivity index (χ0) is 10.7. The van der Waals surface area contributed by atoms with Gasteiger partial charge in [-0.15, -0.1) is 0 Å². The van der Waals surface area contributed by atoms with E-state index in [0.29, 0.717) is 25.9 Å². The molecule has 2 rings (SSSR count). The van der Waals surface area contributed by atoms with Gasteiger partial charge in [0, 0.05) is 18.9 Å². The molecule has 15 heavy (non-hydrogen) atoms. The summed E-state index contributed by atoms with van der Waals surface area (Å²) in [6.07, 6.45) is 5.93. The molecule has 0 aliphatic carbocycles. The first-order valence-corrected chi connectivity index (χ1v) is 4.89. The summed E-state index contributed by atoms with van der Waals surface area (Å²) < 4.78 is 1.85. The van der Waals surface area contributed by atoms with Crippen LogP contribution < -0.4 is 4.57 Å². The maximum Gasteiger partial charge on any atom is 0.286 e. The zero-order valence-electron chi connectivity index (χ0n) is 8.30. The molecule has 0 atom stereocenters. The molecule has 0 unspecified atom stereocenters. The van der Waals surface area contributed by atoms with E-state index < -0.39 is 0 Å². The molecule has 2 amide bonds. The lowest BCUT2D eigenvalue weighted by molar-refractivity contribution is -0.698. The molecule has 1 aromatic heterocycles. The number of likely N-dealkylation sites (tertiary alicyclic amines) is 1. The van der Waals surface area contributed by atoms with Crippen LogP contribution in [0, 0.1) is 0 Å². The van der Waals surface area contributed by atoms with Gasteiger partial charge < -0.3 is 0 Å². The number of amides is 2. The normalized spacial score (nSPS) is 16.1. The third-order valence-corrected chi connectivity index (χ3v) is 2.40. The summed E-state index contributed by atoms with van der Waals surface area (Å²) in [5, 5.41) is 0. The smallest absolute Gasteiger partial charge is 0.279 e. The molecule has 78 valence electrons. The predicted molar refractivity (Wildman–Crippen MR) is 50.4 cm³/mol. The van der Waals surface area contributed by atoms with Crippen molar-refractivity contribution in [1.29, 1.82) is 0 Å². The number of hydrogen-bond acceptors (Lipinski definition) is 3. The second-order valence-corrected chi connectivity index (χ2v) is 3.43. The number of carbonyl (C=O) groups excluding carboxylic acids is 2. The van der Waals surface area contributed by atoms with Crippen LogP contribution in [0.5, 0.6) is 0 Å². The largest absolute Gasteiger partial charge is 0.286 e. The number of hydrogen-bond donors (Lipinski definition) is 0. The van der Waals surface area contributed by atoms with E-state index in [-0.39, 0.29) is 11.8 Å². The van der Waals surface area contributed by atoms with Crippen LogP contribution in [0.1, 0.15) is 12.8 Å². The van der Waals surface area contributed by atoms with Gasteiger partial charge in [-0.3, -0.25) is 14.5 Å². The molecule has 1 aromatic rings. The van der Waals surface area contributed by atoms with Gasteiger partial charge in [-0.05, 0) is 0 Å². The van der Waals surface area contributed by atoms with Gasteiger partial charge in [-0.2, -0.15) is 0 Å². The first kappa shape index (κ1) is 9.76. The lowest BCUT2D eigenvalue weighted by Crippen LogP contribution is -2.42. The van der Waals surface area contributed by atoms with Crippen molar-refractivity contribution in [2.75, 3.05) is 6.54 Å². The maximum atomic E-state index is 11.3. The van der Waals surface area contributed by atoms with Crippen LogP contribution >= 0.6 is 0 Å². The Morgan fingerprint density at radius 2 is 2.07 bits per heavy atom. The molecule has 1 aliphatic rings. The molecule has 0 radical (unpaired) electrons. The van der Waals surface area contributed by atoms with E-state index in [1.54, 1.807) is 12.5 Å². The number of nitrogens with zero attached hydrogens (tertiary/aromatic N) is 3. The van der Waals surface area contributed by atoms with E-state index in [2.05, 4.69) is 4.98 Å². The van der Waals surface area contributed by atoms with Gasteiger partial charge in [0.1, 0.15) is 12.7 Å². The Balaban J connectivity index is 1.93. The van der Waals surface area contributed by atoms with E-state index in [1.807, 2.05) is 16.8 Å². The average Bonchev–Trinajstić information content (AvgIpc) is 2.58. The van der Waals surface area contributed by atoms with Gasteiger partial charge in [0.2, 0.25) is 11.8 Å². The molecule has 0 spiro atoms. The molecule has 0 aromatic carbocycles. The van der Waals surface area contributed by atoms with Crippen molar-refractivity contribution in [2.24, 2.45) is 0 Å². The van der Waals surface area contributed by atoms with Crippen molar-refractivity contribution >= 4 is 11.8 Å². The summed E-state index contributed by atoms with van der Waals surface area (Å²) >= 11 is 0. The molecule has 1 fully saturated rings. The van der Waals surface area contributed by atoms with Crippen LogP contribution in [0.15, 0.2) is 24.8 Å². The molecule has 1 aliphatic heterocycles. The lowest BCUT2D eigenvalue weighted by atomic mass is 10.4. The summed E-state index contributed by atoms with van der Waals surface area (Å²) in [4.78, 5) is 27.8. The summed E-state index contributed by atoms with van der Waals surface area (Å²) in [6, 6.07) is 1.81. The number of carbonyl (C=O) groups is 2. The van der Waals surface area contributed by atoms with Gasteiger partial charge in [0.15, 0.2) is 0 Å². The Morgan fingerprint density at radius 1 is 1.33 bits per heavy atom. The highest BCUT2D eigenvalue weighted by Gasteiger charge is 2.28. The Hall–Kier alpha value is -1.78. The molecule has 5 heteroatoms. The van der Waals surface area contributed by atoms with Crippen LogP contribution in [-0.4, -0.2) is 28.2 Å². The predicted octanol–water partition coefficient (Wildman–Crippen LogP) is -0.482. The number of aromatic nitrogens is 2. The van der Waals surface area contributed by atoms with Crippen LogP contribution in [0.2, 0.25) is 0 Å². The van der Waals surface area contributed by atoms with E-state index >= 15 is 0 Å². The minimum absolute atomic E-state index is 0.0653. The molecule has 0 bridgehead atoms. The second kappa shape index (κ2) is 4.16. The fourth-order valence-corrected chi connectivity index (χ4v) is 1.58. The van der Waals surface area contributed by atoms with Gasteiger partial charge >= 0.3 is 0 Å².